The molecule has 1 fully saturated rings. The minimum Gasteiger partial charge on any atom is -0.511 e. The number of nitrogens with zero attached hydrogens (tertiary/aromatic N) is 3. The largest absolute Gasteiger partial charge is 0.511 e. The second kappa shape index (κ2) is 26.2. The number of allylic oxidation sites excluding steroid dienone is 10. The predicted molar refractivity (Wildman–Crippen MR) is 253 cm³/mol. The van der Waals surface area contributed by atoms with Crippen molar-refractivity contribution in [3.63, 3.8) is 0 Å². The van der Waals surface area contributed by atoms with Gasteiger partial charge in [0.1, 0.15) is 12.4 Å². The highest BCUT2D eigenvalue weighted by molar-refractivity contribution is 6.28. The predicted octanol–water partition coefficient (Wildman–Crippen LogP) is 4.63. The molecule has 372 valence electrons. The standard InChI is InChI=1S/C50H68N4O14/c1-7-34-39-27-38-32(4)44-42(57)26-36(49(44)52-38)48-35(8-9-43(58)60-6)30(2)47(54-48)33(5)46-31(3)37(29-56)40(53-46)28-41(51-39)45(34)50(59)68-25-24-67-23-22-66-21-20-65-19-18-64-17-16-63-15-14-62-13-12-61-11-10-55/h27-28,30,35,54-57H,7-26,29H2,1-6H3/t30-,35-/m0/s1. The molecule has 18 nitrogen and oxygen atoms in total. The van der Waals surface area contributed by atoms with Crippen LogP contribution in [0.1, 0.15) is 60.3 Å². The fraction of sp³-hybridized carbons (Fsp3) is 0.580. The van der Waals surface area contributed by atoms with Crippen molar-refractivity contribution in [3.05, 3.63) is 91.0 Å². The molecule has 2 atom stereocenters. The van der Waals surface area contributed by atoms with Gasteiger partial charge in [0.2, 0.25) is 0 Å². The van der Waals surface area contributed by atoms with Gasteiger partial charge in [-0.3, -0.25) is 4.79 Å². The maximum absolute atomic E-state index is 14.1. The Bertz CT molecular complexity index is 2240. The smallest absolute Gasteiger partial charge is 0.340 e. The number of aliphatic hydroxyl groups excluding tert-OH is 3. The molecule has 68 heavy (non-hydrogen) atoms. The molecule has 4 N–H and O–H groups in total. The number of aliphatic hydroxyl groups is 3. The first-order chi connectivity index (χ1) is 33.0. The Morgan fingerprint density at radius 3 is 1.79 bits per heavy atom. The molecule has 5 aliphatic heterocycles. The summed E-state index contributed by atoms with van der Waals surface area (Å²) in [6.07, 6.45) is 5.07. The summed E-state index contributed by atoms with van der Waals surface area (Å²) in [5.74, 6) is -0.799. The third kappa shape index (κ3) is 12.8. The fourth-order valence-corrected chi connectivity index (χ4v) is 8.92. The van der Waals surface area contributed by atoms with Gasteiger partial charge in [-0.15, -0.1) is 0 Å². The Balaban J connectivity index is 1.05. The van der Waals surface area contributed by atoms with Gasteiger partial charge >= 0.3 is 11.9 Å². The number of carbonyl (C=O) groups is 2. The molecular formula is C50H68N4O14. The SMILES string of the molecule is CCC1=C(C(=O)OCCOCCOCCOCCOCCOCCOCCOCCO)C2=NC1=CC1=C(C)C3=C(O)CC(=C4NC(=C(C)C5=NC(=C2)C(CO)=C5C)[C@@H](C)[C@@H]4CCC(=O)OC)C3=N1. The first kappa shape index (κ1) is 52.5. The van der Waals surface area contributed by atoms with Crippen molar-refractivity contribution < 1.29 is 67.5 Å². The van der Waals surface area contributed by atoms with E-state index < -0.39 is 5.97 Å². The van der Waals surface area contributed by atoms with Crippen LogP contribution in [0.15, 0.2) is 106 Å². The summed E-state index contributed by atoms with van der Waals surface area (Å²) < 4.78 is 49.1. The van der Waals surface area contributed by atoms with Crippen LogP contribution in [0.25, 0.3) is 0 Å². The highest BCUT2D eigenvalue weighted by atomic mass is 16.6. The van der Waals surface area contributed by atoms with Gasteiger partial charge in [0.15, 0.2) is 0 Å². The Morgan fingerprint density at radius 1 is 0.691 bits per heavy atom. The van der Waals surface area contributed by atoms with Gasteiger partial charge in [0, 0.05) is 52.8 Å². The minimum absolute atomic E-state index is 0.00103. The summed E-state index contributed by atoms with van der Waals surface area (Å²) in [6, 6.07) is 0. The van der Waals surface area contributed by atoms with Gasteiger partial charge in [0.25, 0.3) is 0 Å². The highest BCUT2D eigenvalue weighted by Crippen LogP contribution is 2.47. The fourth-order valence-electron chi connectivity index (χ4n) is 8.92. The normalized spacial score (nSPS) is 19.9. The number of rotatable bonds is 29. The van der Waals surface area contributed by atoms with E-state index in [1.54, 1.807) is 6.08 Å². The van der Waals surface area contributed by atoms with Gasteiger partial charge in [-0.05, 0) is 68.1 Å². The molecule has 0 aromatic heterocycles. The van der Waals surface area contributed by atoms with E-state index in [0.29, 0.717) is 155 Å². The first-order valence-electron chi connectivity index (χ1n) is 23.5. The van der Waals surface area contributed by atoms with Crippen molar-refractivity contribution in [2.75, 3.05) is 119 Å². The molecular weight excluding hydrogens is 881 g/mol. The number of methoxy groups -OCH3 is 1. The van der Waals surface area contributed by atoms with Gasteiger partial charge in [-0.1, -0.05) is 13.8 Å². The van der Waals surface area contributed by atoms with E-state index in [2.05, 4.69) is 12.2 Å². The van der Waals surface area contributed by atoms with Crippen molar-refractivity contribution in [2.45, 2.75) is 60.3 Å². The first-order valence-corrected chi connectivity index (χ1v) is 23.5. The lowest BCUT2D eigenvalue weighted by atomic mass is 9.85. The zero-order valence-electron chi connectivity index (χ0n) is 40.3. The summed E-state index contributed by atoms with van der Waals surface area (Å²) in [4.78, 5) is 41.6. The topological polar surface area (TPSA) is 227 Å². The second-order valence-electron chi connectivity index (χ2n) is 16.7. The third-order valence-corrected chi connectivity index (χ3v) is 12.5. The minimum atomic E-state index is -0.567. The Hall–Kier alpha value is -4.89. The van der Waals surface area contributed by atoms with Crippen LogP contribution in [0.2, 0.25) is 0 Å². The molecule has 0 amide bonds. The monoisotopic (exact) mass is 948 g/mol. The van der Waals surface area contributed by atoms with E-state index in [-0.39, 0.29) is 62.8 Å². The van der Waals surface area contributed by atoms with E-state index >= 15 is 0 Å². The zero-order chi connectivity index (χ0) is 48.6. The van der Waals surface area contributed by atoms with Crippen molar-refractivity contribution in [1.82, 2.24) is 5.32 Å². The number of aliphatic imine (C=N–C) groups is 3. The van der Waals surface area contributed by atoms with E-state index in [9.17, 15) is 19.8 Å². The lowest BCUT2D eigenvalue weighted by molar-refractivity contribution is -0.141. The summed E-state index contributed by atoms with van der Waals surface area (Å²) >= 11 is 0. The van der Waals surface area contributed by atoms with Gasteiger partial charge in [-0.25, -0.2) is 19.8 Å². The molecule has 0 unspecified atom stereocenters. The maximum atomic E-state index is 14.1. The molecule has 6 rings (SSSR count). The van der Waals surface area contributed by atoms with Crippen LogP contribution in [0, 0.1) is 11.8 Å². The molecule has 0 spiro atoms. The van der Waals surface area contributed by atoms with Crippen LogP contribution in [-0.4, -0.2) is 164 Å². The van der Waals surface area contributed by atoms with Crippen LogP contribution in [0.5, 0.6) is 0 Å². The zero-order valence-corrected chi connectivity index (χ0v) is 40.3. The molecule has 0 aromatic rings. The van der Waals surface area contributed by atoms with Crippen molar-refractivity contribution >= 4 is 29.1 Å². The lowest BCUT2D eigenvalue weighted by Crippen LogP contribution is -2.18. The molecule has 1 aliphatic carbocycles. The summed E-state index contributed by atoms with van der Waals surface area (Å²) in [7, 11) is 1.39. The molecule has 1 saturated heterocycles. The molecule has 5 heterocycles. The van der Waals surface area contributed by atoms with E-state index in [0.717, 1.165) is 33.7 Å². The van der Waals surface area contributed by atoms with Crippen molar-refractivity contribution in [2.24, 2.45) is 26.8 Å². The van der Waals surface area contributed by atoms with Crippen LogP contribution >= 0.6 is 0 Å². The Morgan fingerprint density at radius 2 is 1.25 bits per heavy atom. The molecule has 0 radical (unpaired) electrons. The molecule has 18 heteroatoms. The van der Waals surface area contributed by atoms with E-state index in [1.807, 2.05) is 33.8 Å². The Labute approximate surface area is 398 Å². The summed E-state index contributed by atoms with van der Waals surface area (Å²) in [6.45, 7) is 15.1. The highest BCUT2D eigenvalue weighted by Gasteiger charge is 2.42. The van der Waals surface area contributed by atoms with E-state index in [4.69, 9.17) is 62.7 Å². The van der Waals surface area contributed by atoms with Gasteiger partial charge < -0.3 is 63.3 Å². The number of esters is 2. The number of hydrogen-bond donors (Lipinski definition) is 4. The quantitative estimate of drug-likeness (QED) is 0.0593. The molecule has 6 aliphatic rings. The van der Waals surface area contributed by atoms with Crippen LogP contribution < -0.4 is 5.32 Å². The number of fused-ring (bicyclic) bond motifs is 5. The average Bonchev–Trinajstić information content (AvgIpc) is 4.12. The third-order valence-electron chi connectivity index (χ3n) is 12.5. The summed E-state index contributed by atoms with van der Waals surface area (Å²) in [5.41, 5.74) is 10.8. The molecule has 8 bridgehead atoms. The number of nitrogens with one attached hydrogen (secondary N) is 1. The van der Waals surface area contributed by atoms with Gasteiger partial charge in [0.05, 0.1) is 153 Å². The number of hydrogen-bond acceptors (Lipinski definition) is 18. The Kier molecular flexibility index (Phi) is 20.2. The van der Waals surface area contributed by atoms with Gasteiger partial charge in [-0.2, -0.15) is 0 Å². The second-order valence-corrected chi connectivity index (χ2v) is 16.7. The van der Waals surface area contributed by atoms with Crippen LogP contribution in [-0.2, 0) is 52.2 Å². The molecule has 0 aromatic carbocycles. The van der Waals surface area contributed by atoms with Crippen LogP contribution in [0.4, 0.5) is 0 Å². The van der Waals surface area contributed by atoms with Crippen molar-refractivity contribution in [1.29, 1.82) is 0 Å². The number of carbonyl (C=O) groups excluding carboxylic acids is 2. The maximum Gasteiger partial charge on any atom is 0.340 e. The van der Waals surface area contributed by atoms with E-state index in [1.165, 1.54) is 7.11 Å². The molecule has 0 saturated carbocycles. The lowest BCUT2D eigenvalue weighted by Gasteiger charge is -2.17. The van der Waals surface area contributed by atoms with Crippen LogP contribution in [0.3, 0.4) is 0 Å². The van der Waals surface area contributed by atoms with Crippen molar-refractivity contribution in [3.8, 4) is 0 Å². The average molecular weight is 949 g/mol. The summed E-state index contributed by atoms with van der Waals surface area (Å²) in [5, 5.41) is 34.6. The number of ether oxygens (including phenoxy) is 9.